The van der Waals surface area contributed by atoms with E-state index in [2.05, 4.69) is 30.4 Å². The Morgan fingerprint density at radius 1 is 1.43 bits per heavy atom. The lowest BCUT2D eigenvalue weighted by Gasteiger charge is -2.28. The van der Waals surface area contributed by atoms with E-state index >= 15 is 0 Å². The van der Waals surface area contributed by atoms with Crippen LogP contribution in [0.25, 0.3) is 0 Å². The number of rotatable bonds is 3. The molecule has 2 heteroatoms. The van der Waals surface area contributed by atoms with Crippen LogP contribution >= 0.6 is 0 Å². The van der Waals surface area contributed by atoms with Gasteiger partial charge in [-0.05, 0) is 31.0 Å². The summed E-state index contributed by atoms with van der Waals surface area (Å²) in [5.74, 6) is 1.73. The number of ether oxygens (including phenoxy) is 1. The molecule has 14 heavy (non-hydrogen) atoms. The quantitative estimate of drug-likeness (QED) is 0.789. The Kier molecular flexibility index (Phi) is 2.73. The van der Waals surface area contributed by atoms with Crippen LogP contribution in [0.3, 0.4) is 0 Å². The Bertz CT molecular complexity index is 318. The van der Waals surface area contributed by atoms with E-state index in [1.165, 1.54) is 11.1 Å². The second-order valence-electron chi connectivity index (χ2n) is 3.81. The summed E-state index contributed by atoms with van der Waals surface area (Å²) in [6.45, 7) is 7.11. The summed E-state index contributed by atoms with van der Waals surface area (Å²) in [4.78, 5) is 0. The summed E-state index contributed by atoms with van der Waals surface area (Å²) in [7, 11) is 0. The Morgan fingerprint density at radius 2 is 2.21 bits per heavy atom. The van der Waals surface area contributed by atoms with E-state index < -0.39 is 0 Å². The van der Waals surface area contributed by atoms with Gasteiger partial charge in [-0.1, -0.05) is 12.1 Å². The van der Waals surface area contributed by atoms with E-state index in [1.807, 2.05) is 6.92 Å². The van der Waals surface area contributed by atoms with Crippen LogP contribution < -0.4 is 10.1 Å². The smallest absolute Gasteiger partial charge is 0.122 e. The molecule has 0 aromatic heterocycles. The first-order valence-electron chi connectivity index (χ1n) is 5.25. The molecule has 1 aliphatic heterocycles. The van der Waals surface area contributed by atoms with Crippen molar-refractivity contribution in [2.75, 3.05) is 19.7 Å². The van der Waals surface area contributed by atoms with Crippen molar-refractivity contribution in [3.8, 4) is 5.75 Å². The molecule has 0 saturated carbocycles. The fraction of sp³-hybridized carbons (Fsp3) is 0.500. The van der Waals surface area contributed by atoms with Crippen LogP contribution in [0.5, 0.6) is 5.75 Å². The van der Waals surface area contributed by atoms with Gasteiger partial charge in [0.25, 0.3) is 0 Å². The summed E-state index contributed by atoms with van der Waals surface area (Å²) in [6.07, 6.45) is 0. The van der Waals surface area contributed by atoms with Gasteiger partial charge in [0, 0.05) is 19.0 Å². The summed E-state index contributed by atoms with van der Waals surface area (Å²) in [5.41, 5.74) is 2.68. The molecule has 0 radical (unpaired) electrons. The lowest BCUT2D eigenvalue weighted by molar-refractivity contribution is 0.337. The second kappa shape index (κ2) is 4.01. The third-order valence-corrected chi connectivity index (χ3v) is 2.75. The van der Waals surface area contributed by atoms with Crippen molar-refractivity contribution in [3.05, 3.63) is 29.3 Å². The summed E-state index contributed by atoms with van der Waals surface area (Å²) >= 11 is 0. The third kappa shape index (κ3) is 1.75. The molecule has 0 unspecified atom stereocenters. The molecule has 2 nitrogen and oxygen atoms in total. The average Bonchev–Trinajstić information content (AvgIpc) is 2.07. The average molecular weight is 191 g/mol. The van der Waals surface area contributed by atoms with Crippen molar-refractivity contribution in [2.24, 2.45) is 0 Å². The maximum atomic E-state index is 5.51. The fourth-order valence-corrected chi connectivity index (χ4v) is 1.77. The minimum atomic E-state index is 0.712. The van der Waals surface area contributed by atoms with Crippen LogP contribution in [0, 0.1) is 6.92 Å². The van der Waals surface area contributed by atoms with E-state index in [-0.39, 0.29) is 0 Å². The highest BCUT2D eigenvalue weighted by Crippen LogP contribution is 2.25. The molecule has 2 rings (SSSR count). The Labute approximate surface area is 85.3 Å². The summed E-state index contributed by atoms with van der Waals surface area (Å²) in [5, 5.41) is 3.29. The molecule has 1 saturated heterocycles. The van der Waals surface area contributed by atoms with Gasteiger partial charge >= 0.3 is 0 Å². The predicted molar refractivity (Wildman–Crippen MR) is 58.0 cm³/mol. The molecular weight excluding hydrogens is 174 g/mol. The molecule has 0 amide bonds. The standard InChI is InChI=1S/C12H17NO/c1-3-14-12-5-4-10(6-9(12)2)11-7-13-8-11/h4-6,11,13H,3,7-8H2,1-2H3. The molecule has 1 aromatic rings. The zero-order valence-corrected chi connectivity index (χ0v) is 8.84. The van der Waals surface area contributed by atoms with E-state index in [0.29, 0.717) is 5.92 Å². The van der Waals surface area contributed by atoms with Crippen molar-refractivity contribution >= 4 is 0 Å². The highest BCUT2D eigenvalue weighted by Gasteiger charge is 2.19. The zero-order chi connectivity index (χ0) is 9.97. The van der Waals surface area contributed by atoms with Crippen molar-refractivity contribution in [2.45, 2.75) is 19.8 Å². The Balaban J connectivity index is 2.16. The van der Waals surface area contributed by atoms with Crippen molar-refractivity contribution < 1.29 is 4.74 Å². The molecule has 1 heterocycles. The van der Waals surface area contributed by atoms with Gasteiger partial charge in [0.05, 0.1) is 6.61 Å². The molecular formula is C12H17NO. The van der Waals surface area contributed by atoms with Crippen LogP contribution in [0.4, 0.5) is 0 Å². The first kappa shape index (κ1) is 9.53. The molecule has 1 aromatic carbocycles. The van der Waals surface area contributed by atoms with E-state index in [1.54, 1.807) is 0 Å². The van der Waals surface area contributed by atoms with Crippen LogP contribution in [-0.2, 0) is 0 Å². The van der Waals surface area contributed by atoms with Crippen molar-refractivity contribution in [1.29, 1.82) is 0 Å². The number of hydrogen-bond acceptors (Lipinski definition) is 2. The SMILES string of the molecule is CCOc1ccc(C2CNC2)cc1C. The highest BCUT2D eigenvalue weighted by molar-refractivity contribution is 5.38. The lowest BCUT2D eigenvalue weighted by Crippen LogP contribution is -2.39. The minimum Gasteiger partial charge on any atom is -0.494 e. The first-order chi connectivity index (χ1) is 6.81. The van der Waals surface area contributed by atoms with E-state index in [4.69, 9.17) is 4.74 Å². The summed E-state index contributed by atoms with van der Waals surface area (Å²) in [6, 6.07) is 6.52. The Hall–Kier alpha value is -1.02. The van der Waals surface area contributed by atoms with Crippen LogP contribution in [0.1, 0.15) is 24.0 Å². The van der Waals surface area contributed by atoms with E-state index in [0.717, 1.165) is 25.4 Å². The molecule has 1 fully saturated rings. The number of hydrogen-bond donors (Lipinski definition) is 1. The normalized spacial score (nSPS) is 16.4. The number of aryl methyl sites for hydroxylation is 1. The predicted octanol–water partition coefficient (Wildman–Crippen LogP) is 2.08. The molecule has 0 atom stereocenters. The molecule has 1 N–H and O–H groups in total. The Morgan fingerprint density at radius 3 is 2.71 bits per heavy atom. The topological polar surface area (TPSA) is 21.3 Å². The summed E-state index contributed by atoms with van der Waals surface area (Å²) < 4.78 is 5.51. The molecule has 76 valence electrons. The number of nitrogens with one attached hydrogen (secondary N) is 1. The third-order valence-electron chi connectivity index (χ3n) is 2.75. The van der Waals surface area contributed by atoms with Gasteiger partial charge in [0.2, 0.25) is 0 Å². The van der Waals surface area contributed by atoms with Gasteiger partial charge in [0.15, 0.2) is 0 Å². The van der Waals surface area contributed by atoms with Crippen LogP contribution in [0.2, 0.25) is 0 Å². The van der Waals surface area contributed by atoms with Gasteiger partial charge in [-0.25, -0.2) is 0 Å². The van der Waals surface area contributed by atoms with Crippen LogP contribution in [0.15, 0.2) is 18.2 Å². The first-order valence-corrected chi connectivity index (χ1v) is 5.25. The minimum absolute atomic E-state index is 0.712. The van der Waals surface area contributed by atoms with E-state index in [9.17, 15) is 0 Å². The van der Waals surface area contributed by atoms with Gasteiger partial charge < -0.3 is 10.1 Å². The van der Waals surface area contributed by atoms with Gasteiger partial charge in [-0.2, -0.15) is 0 Å². The largest absolute Gasteiger partial charge is 0.494 e. The van der Waals surface area contributed by atoms with Crippen molar-refractivity contribution in [3.63, 3.8) is 0 Å². The number of benzene rings is 1. The molecule has 0 aliphatic carbocycles. The maximum absolute atomic E-state index is 5.51. The maximum Gasteiger partial charge on any atom is 0.122 e. The highest BCUT2D eigenvalue weighted by atomic mass is 16.5. The van der Waals surface area contributed by atoms with Gasteiger partial charge in [-0.3, -0.25) is 0 Å². The lowest BCUT2D eigenvalue weighted by atomic mass is 9.92. The van der Waals surface area contributed by atoms with Gasteiger partial charge in [-0.15, -0.1) is 0 Å². The van der Waals surface area contributed by atoms with Crippen LogP contribution in [-0.4, -0.2) is 19.7 Å². The fourth-order valence-electron chi connectivity index (χ4n) is 1.77. The second-order valence-corrected chi connectivity index (χ2v) is 3.81. The zero-order valence-electron chi connectivity index (χ0n) is 8.84. The molecule has 0 spiro atoms. The molecule has 0 bridgehead atoms. The molecule has 1 aliphatic rings. The van der Waals surface area contributed by atoms with Crippen molar-refractivity contribution in [1.82, 2.24) is 5.32 Å². The monoisotopic (exact) mass is 191 g/mol. The van der Waals surface area contributed by atoms with Gasteiger partial charge in [0.1, 0.15) is 5.75 Å².